The molecule has 1 fully saturated rings. The minimum absolute atomic E-state index is 0.0539. The van der Waals surface area contributed by atoms with Gasteiger partial charge >= 0.3 is 11.5 Å². The molecule has 9 heteroatoms. The number of halogens is 3. The maximum atomic E-state index is 12.0. The highest BCUT2D eigenvalue weighted by Gasteiger charge is 2.27. The van der Waals surface area contributed by atoms with Crippen molar-refractivity contribution in [3.63, 3.8) is 0 Å². The number of carbonyl (C=O) groups is 1. The van der Waals surface area contributed by atoms with Gasteiger partial charge in [0, 0.05) is 37.6 Å². The van der Waals surface area contributed by atoms with Gasteiger partial charge in [-0.3, -0.25) is 4.90 Å². The van der Waals surface area contributed by atoms with Gasteiger partial charge < -0.3 is 15.4 Å². The minimum Gasteiger partial charge on any atom is -0.379 e. The Kier molecular flexibility index (Phi) is 7.19. The summed E-state index contributed by atoms with van der Waals surface area (Å²) in [6.07, 6.45) is 0. The number of nitrogens with one attached hydrogen (secondary N) is 2. The van der Waals surface area contributed by atoms with Crippen molar-refractivity contribution in [1.29, 1.82) is 0 Å². The smallest absolute Gasteiger partial charge is 0.379 e. The molecule has 5 nitrogen and oxygen atoms in total. The average Bonchev–Trinajstić information content (AvgIpc) is 2.54. The summed E-state index contributed by atoms with van der Waals surface area (Å²) in [5, 5.41) is 5.13. The van der Waals surface area contributed by atoms with Crippen LogP contribution in [0.25, 0.3) is 0 Å². The molecular weight excluding hydrogens is 343 g/mol. The van der Waals surface area contributed by atoms with E-state index < -0.39 is 11.5 Å². The van der Waals surface area contributed by atoms with Crippen LogP contribution in [0.4, 0.5) is 23.7 Å². The summed E-state index contributed by atoms with van der Waals surface area (Å²) in [5.41, 5.74) is -2.66. The molecule has 24 heavy (non-hydrogen) atoms. The van der Waals surface area contributed by atoms with Crippen molar-refractivity contribution in [2.24, 2.45) is 0 Å². The molecule has 2 rings (SSSR count). The quantitative estimate of drug-likeness (QED) is 0.763. The standard InChI is InChI=1S/C15H20F3N3O2S/c16-15(17,18)24-10-5-19-14(22)20-13-4-2-1-3-12(13)11-21-6-8-23-9-7-21/h1-4H,5-11H2,(H2,19,20,22). The molecule has 0 bridgehead atoms. The Morgan fingerprint density at radius 3 is 2.67 bits per heavy atom. The number of ether oxygens (including phenoxy) is 1. The van der Waals surface area contributed by atoms with Crippen LogP contribution in [0, 0.1) is 0 Å². The van der Waals surface area contributed by atoms with Crippen molar-refractivity contribution in [2.45, 2.75) is 12.1 Å². The molecule has 0 aliphatic carbocycles. The van der Waals surface area contributed by atoms with Gasteiger partial charge in [0.15, 0.2) is 0 Å². The number of hydrogen-bond donors (Lipinski definition) is 2. The van der Waals surface area contributed by atoms with Crippen molar-refractivity contribution in [3.05, 3.63) is 29.8 Å². The van der Waals surface area contributed by atoms with Gasteiger partial charge in [0.25, 0.3) is 0 Å². The largest absolute Gasteiger partial charge is 0.441 e. The van der Waals surface area contributed by atoms with Crippen LogP contribution in [0.1, 0.15) is 5.56 Å². The van der Waals surface area contributed by atoms with Gasteiger partial charge in [0.05, 0.1) is 13.2 Å². The van der Waals surface area contributed by atoms with Gasteiger partial charge in [-0.25, -0.2) is 4.79 Å². The summed E-state index contributed by atoms with van der Waals surface area (Å²) in [4.78, 5) is 14.1. The number of thioether (sulfide) groups is 1. The van der Waals surface area contributed by atoms with Gasteiger partial charge in [-0.05, 0) is 23.4 Å². The number of anilines is 1. The van der Waals surface area contributed by atoms with Crippen LogP contribution in [0.15, 0.2) is 24.3 Å². The summed E-state index contributed by atoms with van der Waals surface area (Å²) in [5.74, 6) is -0.216. The highest BCUT2D eigenvalue weighted by atomic mass is 32.2. The number of morpholine rings is 1. The van der Waals surface area contributed by atoms with Crippen molar-refractivity contribution in [1.82, 2.24) is 10.2 Å². The number of alkyl halides is 3. The summed E-state index contributed by atoms with van der Waals surface area (Å²) >= 11 is -0.153. The van der Waals surface area contributed by atoms with E-state index in [1.54, 1.807) is 12.1 Å². The fraction of sp³-hybridized carbons (Fsp3) is 0.533. The van der Waals surface area contributed by atoms with Gasteiger partial charge in [0.1, 0.15) is 0 Å². The second kappa shape index (κ2) is 9.14. The normalized spacial score (nSPS) is 16.0. The molecule has 1 heterocycles. The maximum absolute atomic E-state index is 12.0. The monoisotopic (exact) mass is 363 g/mol. The highest BCUT2D eigenvalue weighted by Crippen LogP contribution is 2.29. The van der Waals surface area contributed by atoms with E-state index in [0.29, 0.717) is 25.4 Å². The zero-order valence-corrected chi connectivity index (χ0v) is 13.9. The predicted octanol–water partition coefficient (Wildman–Crippen LogP) is 2.89. The summed E-state index contributed by atoms with van der Waals surface area (Å²) in [6, 6.07) is 6.88. The third-order valence-corrected chi connectivity index (χ3v) is 4.15. The fourth-order valence-corrected chi connectivity index (χ4v) is 2.71. The van der Waals surface area contributed by atoms with E-state index in [2.05, 4.69) is 15.5 Å². The van der Waals surface area contributed by atoms with Crippen LogP contribution in [0.2, 0.25) is 0 Å². The number of carbonyl (C=O) groups excluding carboxylic acids is 1. The van der Waals surface area contributed by atoms with Crippen LogP contribution in [-0.4, -0.2) is 55.0 Å². The summed E-state index contributed by atoms with van der Waals surface area (Å²) in [7, 11) is 0. The SMILES string of the molecule is O=C(NCCSC(F)(F)F)Nc1ccccc1CN1CCOCC1. The lowest BCUT2D eigenvalue weighted by Gasteiger charge is -2.27. The van der Waals surface area contributed by atoms with Crippen LogP contribution in [0.5, 0.6) is 0 Å². The first-order chi connectivity index (χ1) is 11.4. The summed E-state index contributed by atoms with van der Waals surface area (Å²) < 4.78 is 41.4. The van der Waals surface area contributed by atoms with E-state index in [9.17, 15) is 18.0 Å². The lowest BCUT2D eigenvalue weighted by atomic mass is 10.1. The number of hydrogen-bond acceptors (Lipinski definition) is 4. The number of nitrogens with zero attached hydrogens (tertiary/aromatic N) is 1. The molecule has 1 aromatic carbocycles. The van der Waals surface area contributed by atoms with Crippen LogP contribution in [-0.2, 0) is 11.3 Å². The maximum Gasteiger partial charge on any atom is 0.441 e. The Morgan fingerprint density at radius 2 is 1.96 bits per heavy atom. The number of urea groups is 1. The molecule has 0 saturated carbocycles. The molecule has 1 aromatic rings. The predicted molar refractivity (Wildman–Crippen MR) is 88.1 cm³/mol. The zero-order valence-electron chi connectivity index (χ0n) is 13.1. The first-order valence-corrected chi connectivity index (χ1v) is 8.56. The van der Waals surface area contributed by atoms with Crippen LogP contribution < -0.4 is 10.6 Å². The van der Waals surface area contributed by atoms with E-state index in [1.165, 1.54) is 0 Å². The molecule has 0 atom stereocenters. The molecule has 1 saturated heterocycles. The van der Waals surface area contributed by atoms with Crippen molar-refractivity contribution in [3.8, 4) is 0 Å². The number of amides is 2. The second-order valence-electron chi connectivity index (χ2n) is 5.22. The number of benzene rings is 1. The first-order valence-electron chi connectivity index (χ1n) is 7.57. The van der Waals surface area contributed by atoms with Gasteiger partial charge in [0.2, 0.25) is 0 Å². The molecule has 134 valence electrons. The Hall–Kier alpha value is -1.45. The molecule has 2 amide bonds. The van der Waals surface area contributed by atoms with E-state index >= 15 is 0 Å². The lowest BCUT2D eigenvalue weighted by molar-refractivity contribution is -0.0327. The highest BCUT2D eigenvalue weighted by molar-refractivity contribution is 8.00. The third kappa shape index (κ3) is 6.98. The first kappa shape index (κ1) is 18.9. The number of para-hydroxylation sites is 1. The molecule has 1 aliphatic heterocycles. The summed E-state index contributed by atoms with van der Waals surface area (Å²) in [6.45, 7) is 3.66. The van der Waals surface area contributed by atoms with Gasteiger partial charge in [-0.2, -0.15) is 13.2 Å². The van der Waals surface area contributed by atoms with E-state index in [0.717, 1.165) is 18.7 Å². The molecule has 2 N–H and O–H groups in total. The molecular formula is C15H20F3N3O2S. The molecule has 0 radical (unpaired) electrons. The molecule has 0 spiro atoms. The topological polar surface area (TPSA) is 53.6 Å². The van der Waals surface area contributed by atoms with E-state index in [1.807, 2.05) is 12.1 Å². The molecule has 1 aliphatic rings. The van der Waals surface area contributed by atoms with Crippen molar-refractivity contribution < 1.29 is 22.7 Å². The van der Waals surface area contributed by atoms with E-state index in [-0.39, 0.29) is 24.1 Å². The van der Waals surface area contributed by atoms with Gasteiger partial charge in [-0.1, -0.05) is 18.2 Å². The third-order valence-electron chi connectivity index (χ3n) is 3.42. The Balaban J connectivity index is 1.81. The Bertz CT molecular complexity index is 537. The van der Waals surface area contributed by atoms with Crippen molar-refractivity contribution >= 4 is 23.5 Å². The van der Waals surface area contributed by atoms with Crippen LogP contribution >= 0.6 is 11.8 Å². The van der Waals surface area contributed by atoms with Gasteiger partial charge in [-0.15, -0.1) is 0 Å². The molecule has 0 unspecified atom stereocenters. The Morgan fingerprint density at radius 1 is 1.25 bits per heavy atom. The van der Waals surface area contributed by atoms with Crippen molar-refractivity contribution in [2.75, 3.05) is 43.9 Å². The van der Waals surface area contributed by atoms with E-state index in [4.69, 9.17) is 4.74 Å². The number of rotatable bonds is 6. The van der Waals surface area contributed by atoms with Crippen LogP contribution in [0.3, 0.4) is 0 Å². The lowest BCUT2D eigenvalue weighted by Crippen LogP contribution is -2.36. The minimum atomic E-state index is -4.27. The molecule has 0 aromatic heterocycles. The fourth-order valence-electron chi connectivity index (χ4n) is 2.28. The Labute approximate surface area is 142 Å². The second-order valence-corrected chi connectivity index (χ2v) is 6.38. The zero-order chi connectivity index (χ0) is 17.4. The average molecular weight is 363 g/mol.